The summed E-state index contributed by atoms with van der Waals surface area (Å²) in [6.45, 7) is 2.55. The highest BCUT2D eigenvalue weighted by Gasteiger charge is 2.16. The molecule has 1 heterocycles. The first-order chi connectivity index (χ1) is 15.6. The van der Waals surface area contributed by atoms with Crippen LogP contribution in [0, 0.1) is 6.92 Å². The molecule has 3 N–H and O–H groups in total. The number of carboxylic acids is 1. The summed E-state index contributed by atoms with van der Waals surface area (Å²) in [5.74, 6) is 0.581. The lowest BCUT2D eigenvalue weighted by molar-refractivity contribution is 0.0697. The summed E-state index contributed by atoms with van der Waals surface area (Å²) >= 11 is 0. The van der Waals surface area contributed by atoms with Crippen molar-refractivity contribution in [1.29, 1.82) is 0 Å². The number of aromatic nitrogens is 2. The van der Waals surface area contributed by atoms with Crippen LogP contribution in [-0.2, 0) is 6.54 Å². The molecule has 0 saturated heterocycles. The predicted molar refractivity (Wildman–Crippen MR) is 124 cm³/mol. The number of anilines is 3. The molecule has 0 fully saturated rings. The Morgan fingerprint density at radius 3 is 2.47 bits per heavy atom. The Bertz CT molecular complexity index is 1230. The number of carbonyl (C=O) groups is 1. The van der Waals surface area contributed by atoms with Crippen molar-refractivity contribution in [2.45, 2.75) is 13.5 Å². The molecule has 0 atom stereocenters. The van der Waals surface area contributed by atoms with Gasteiger partial charge in [0.05, 0.1) is 5.69 Å². The summed E-state index contributed by atoms with van der Waals surface area (Å²) in [7, 11) is 0. The van der Waals surface area contributed by atoms with Crippen LogP contribution >= 0.6 is 0 Å². The minimum absolute atomic E-state index is 0.0408. The molecule has 32 heavy (non-hydrogen) atoms. The zero-order chi connectivity index (χ0) is 22.3. The third-order valence-electron chi connectivity index (χ3n) is 4.83. The molecule has 0 saturated carbocycles. The number of nitrogens with zero attached hydrogens (tertiary/aromatic N) is 2. The van der Waals surface area contributed by atoms with Crippen LogP contribution < -0.4 is 15.4 Å². The number of nitrogens with one attached hydrogen (secondary N) is 2. The molecule has 7 heteroatoms. The Hall–Kier alpha value is -4.39. The van der Waals surface area contributed by atoms with Crippen molar-refractivity contribution >= 4 is 23.4 Å². The first-order valence-corrected chi connectivity index (χ1v) is 10.1. The van der Waals surface area contributed by atoms with Gasteiger partial charge in [-0.1, -0.05) is 54.6 Å². The van der Waals surface area contributed by atoms with Gasteiger partial charge < -0.3 is 20.5 Å². The summed E-state index contributed by atoms with van der Waals surface area (Å²) in [5, 5.41) is 15.9. The van der Waals surface area contributed by atoms with Crippen molar-refractivity contribution in [3.63, 3.8) is 0 Å². The Morgan fingerprint density at radius 1 is 0.969 bits per heavy atom. The van der Waals surface area contributed by atoms with Crippen molar-refractivity contribution in [2.75, 3.05) is 10.6 Å². The van der Waals surface area contributed by atoms with Crippen LogP contribution in [0.3, 0.4) is 0 Å². The molecule has 4 rings (SSSR count). The van der Waals surface area contributed by atoms with Crippen LogP contribution in [0.1, 0.15) is 21.5 Å². The fraction of sp³-hybridized carbons (Fsp3) is 0.0800. The van der Waals surface area contributed by atoms with E-state index < -0.39 is 5.97 Å². The molecule has 0 unspecified atom stereocenters. The van der Waals surface area contributed by atoms with Gasteiger partial charge in [-0.2, -0.15) is 4.98 Å². The van der Waals surface area contributed by atoms with Gasteiger partial charge in [-0.05, 0) is 42.3 Å². The SMILES string of the molecule is Cc1ccccc1CNc1ncc(C(=O)O)c(Nc2ccccc2Oc2ccccc2)n1. The standard InChI is InChI=1S/C25H22N4O3/c1-17-9-5-6-10-18(17)15-26-25-27-16-20(24(30)31)23(29-25)28-21-13-7-8-14-22(21)32-19-11-3-2-4-12-19/h2-14,16H,15H2,1H3,(H,30,31)(H2,26,27,28,29). The zero-order valence-electron chi connectivity index (χ0n) is 17.4. The molecule has 0 aliphatic rings. The second-order valence-electron chi connectivity index (χ2n) is 7.08. The third kappa shape index (κ3) is 5.02. The zero-order valence-corrected chi connectivity index (χ0v) is 17.4. The van der Waals surface area contributed by atoms with E-state index in [1.807, 2.05) is 73.7 Å². The molecule has 0 aliphatic carbocycles. The molecule has 4 aromatic rings. The number of aryl methyl sites for hydroxylation is 1. The topological polar surface area (TPSA) is 96.4 Å². The van der Waals surface area contributed by atoms with E-state index >= 15 is 0 Å². The minimum Gasteiger partial charge on any atom is -0.477 e. The van der Waals surface area contributed by atoms with Gasteiger partial charge in [0.15, 0.2) is 11.6 Å². The number of ether oxygens (including phenoxy) is 1. The van der Waals surface area contributed by atoms with Gasteiger partial charge in [0, 0.05) is 12.7 Å². The van der Waals surface area contributed by atoms with Crippen molar-refractivity contribution in [3.8, 4) is 11.5 Å². The quantitative estimate of drug-likeness (QED) is 0.336. The van der Waals surface area contributed by atoms with Crippen LogP contribution in [0.15, 0.2) is 85.1 Å². The number of para-hydroxylation sites is 3. The van der Waals surface area contributed by atoms with Gasteiger partial charge in [-0.25, -0.2) is 9.78 Å². The molecular weight excluding hydrogens is 404 g/mol. The van der Waals surface area contributed by atoms with E-state index in [2.05, 4.69) is 20.6 Å². The van der Waals surface area contributed by atoms with Gasteiger partial charge >= 0.3 is 5.97 Å². The van der Waals surface area contributed by atoms with E-state index in [9.17, 15) is 9.90 Å². The van der Waals surface area contributed by atoms with Crippen molar-refractivity contribution < 1.29 is 14.6 Å². The fourth-order valence-corrected chi connectivity index (χ4v) is 3.10. The number of hydrogen-bond acceptors (Lipinski definition) is 6. The number of hydrogen-bond donors (Lipinski definition) is 3. The average Bonchev–Trinajstić information content (AvgIpc) is 2.80. The molecule has 0 bridgehead atoms. The van der Waals surface area contributed by atoms with E-state index in [1.54, 1.807) is 12.1 Å². The van der Waals surface area contributed by atoms with Crippen LogP contribution in [-0.4, -0.2) is 21.0 Å². The lowest BCUT2D eigenvalue weighted by Gasteiger charge is -2.15. The molecule has 3 aromatic carbocycles. The molecule has 1 aromatic heterocycles. The number of benzene rings is 3. The van der Waals surface area contributed by atoms with Crippen molar-refractivity contribution in [1.82, 2.24) is 9.97 Å². The van der Waals surface area contributed by atoms with E-state index in [0.717, 1.165) is 11.1 Å². The molecule has 7 nitrogen and oxygen atoms in total. The maximum Gasteiger partial charge on any atom is 0.341 e. The largest absolute Gasteiger partial charge is 0.477 e. The van der Waals surface area contributed by atoms with Crippen molar-refractivity contribution in [2.24, 2.45) is 0 Å². The Kier molecular flexibility index (Phi) is 6.27. The molecule has 0 amide bonds. The fourth-order valence-electron chi connectivity index (χ4n) is 3.10. The van der Waals surface area contributed by atoms with E-state index in [0.29, 0.717) is 29.7 Å². The lowest BCUT2D eigenvalue weighted by atomic mass is 10.1. The number of rotatable bonds is 8. The molecule has 0 radical (unpaired) electrons. The first-order valence-electron chi connectivity index (χ1n) is 10.1. The summed E-state index contributed by atoms with van der Waals surface area (Å²) in [4.78, 5) is 20.3. The summed E-state index contributed by atoms with van der Waals surface area (Å²) < 4.78 is 5.96. The predicted octanol–water partition coefficient (Wildman–Crippen LogP) is 5.63. The Balaban J connectivity index is 1.59. The Morgan fingerprint density at radius 2 is 1.69 bits per heavy atom. The van der Waals surface area contributed by atoms with E-state index in [4.69, 9.17) is 4.74 Å². The van der Waals surface area contributed by atoms with Crippen LogP contribution in [0.2, 0.25) is 0 Å². The lowest BCUT2D eigenvalue weighted by Crippen LogP contribution is -2.11. The highest BCUT2D eigenvalue weighted by molar-refractivity contribution is 5.94. The smallest absolute Gasteiger partial charge is 0.341 e. The van der Waals surface area contributed by atoms with E-state index in [1.165, 1.54) is 6.20 Å². The highest BCUT2D eigenvalue weighted by atomic mass is 16.5. The van der Waals surface area contributed by atoms with Crippen molar-refractivity contribution in [3.05, 3.63) is 102 Å². The number of aromatic carboxylic acids is 1. The normalized spacial score (nSPS) is 10.4. The van der Waals surface area contributed by atoms with Gasteiger partial charge in [0.1, 0.15) is 11.3 Å². The van der Waals surface area contributed by atoms with Gasteiger partial charge in [0.25, 0.3) is 0 Å². The summed E-state index contributed by atoms with van der Waals surface area (Å²) in [5.41, 5.74) is 2.80. The summed E-state index contributed by atoms with van der Waals surface area (Å²) in [6.07, 6.45) is 1.29. The number of carboxylic acid groups (broad SMARTS) is 1. The molecule has 0 aliphatic heterocycles. The van der Waals surface area contributed by atoms with Crippen LogP contribution in [0.5, 0.6) is 11.5 Å². The maximum atomic E-state index is 11.8. The summed E-state index contributed by atoms with van der Waals surface area (Å²) in [6, 6.07) is 24.6. The monoisotopic (exact) mass is 426 g/mol. The molecule has 0 spiro atoms. The van der Waals surface area contributed by atoms with E-state index in [-0.39, 0.29) is 11.4 Å². The average molecular weight is 426 g/mol. The second kappa shape index (κ2) is 9.61. The highest BCUT2D eigenvalue weighted by Crippen LogP contribution is 2.32. The third-order valence-corrected chi connectivity index (χ3v) is 4.83. The van der Waals surface area contributed by atoms with Crippen LogP contribution in [0.25, 0.3) is 0 Å². The Labute approximate surface area is 185 Å². The maximum absolute atomic E-state index is 11.8. The van der Waals surface area contributed by atoms with Gasteiger partial charge in [-0.3, -0.25) is 0 Å². The second-order valence-corrected chi connectivity index (χ2v) is 7.08. The van der Waals surface area contributed by atoms with Gasteiger partial charge in [-0.15, -0.1) is 0 Å². The molecule has 160 valence electrons. The first kappa shape index (κ1) is 20.9. The van der Waals surface area contributed by atoms with Gasteiger partial charge in [0.2, 0.25) is 5.95 Å². The minimum atomic E-state index is -1.13. The molecular formula is C25H22N4O3. The van der Waals surface area contributed by atoms with Crippen LogP contribution in [0.4, 0.5) is 17.5 Å².